The molecule has 0 atom stereocenters. The second-order valence-corrected chi connectivity index (χ2v) is 7.31. The summed E-state index contributed by atoms with van der Waals surface area (Å²) >= 11 is 11.1. The molecule has 8 heteroatoms. The van der Waals surface area contributed by atoms with E-state index >= 15 is 0 Å². The van der Waals surface area contributed by atoms with Crippen molar-refractivity contribution in [1.29, 1.82) is 0 Å². The van der Waals surface area contributed by atoms with Crippen LogP contribution < -0.4 is 5.32 Å². The lowest BCUT2D eigenvalue weighted by atomic mass is 10.1. The Morgan fingerprint density at radius 1 is 1.32 bits per heavy atom. The number of nitrogens with one attached hydrogen (secondary N) is 1. The number of carbonyl (C=O) groups is 2. The van der Waals surface area contributed by atoms with Crippen LogP contribution in [0.3, 0.4) is 0 Å². The van der Waals surface area contributed by atoms with Gasteiger partial charge in [0, 0.05) is 23.7 Å². The average Bonchev–Trinajstić information content (AvgIpc) is 2.47. The Labute approximate surface area is 156 Å². The van der Waals surface area contributed by atoms with Crippen LogP contribution in [0.15, 0.2) is 35.6 Å². The highest BCUT2D eigenvalue weighted by Crippen LogP contribution is 2.23. The molecule has 0 unspecified atom stereocenters. The van der Waals surface area contributed by atoms with Crippen LogP contribution in [0.2, 0.25) is 5.02 Å². The van der Waals surface area contributed by atoms with Crippen molar-refractivity contribution in [1.82, 2.24) is 4.90 Å². The zero-order valence-corrected chi connectivity index (χ0v) is 15.7. The van der Waals surface area contributed by atoms with E-state index in [9.17, 15) is 14.7 Å². The number of nitrogens with zero attached hydrogens (tertiary/aromatic N) is 1. The molecule has 0 saturated heterocycles. The maximum absolute atomic E-state index is 12.6. The van der Waals surface area contributed by atoms with E-state index in [0.717, 1.165) is 4.90 Å². The van der Waals surface area contributed by atoms with Crippen LogP contribution in [-0.2, 0) is 9.53 Å². The Morgan fingerprint density at radius 3 is 2.48 bits per heavy atom. The van der Waals surface area contributed by atoms with E-state index < -0.39 is 17.6 Å². The molecule has 1 aliphatic heterocycles. The number of imide groups is 1. The van der Waals surface area contributed by atoms with E-state index in [4.69, 9.17) is 28.6 Å². The smallest absolute Gasteiger partial charge is 0.417 e. The van der Waals surface area contributed by atoms with E-state index in [0.29, 0.717) is 10.7 Å². The number of thiocarbonyl (C=S) groups is 1. The molecule has 0 saturated carbocycles. The van der Waals surface area contributed by atoms with Gasteiger partial charge in [-0.2, -0.15) is 0 Å². The third-order valence-corrected chi connectivity index (χ3v) is 3.82. The first-order valence-corrected chi connectivity index (χ1v) is 8.41. The Bertz CT molecular complexity index is 738. The Balaban J connectivity index is 2.18. The average molecular weight is 383 g/mol. The zero-order chi connectivity index (χ0) is 18.8. The van der Waals surface area contributed by atoms with Crippen LogP contribution in [0.4, 0.5) is 10.5 Å². The van der Waals surface area contributed by atoms with Gasteiger partial charge < -0.3 is 15.2 Å². The van der Waals surface area contributed by atoms with Gasteiger partial charge in [-0.05, 0) is 45.0 Å². The molecule has 2 rings (SSSR count). The fraction of sp³-hybridized carbons (Fsp3) is 0.353. The first-order valence-electron chi connectivity index (χ1n) is 7.62. The Kier molecular flexibility index (Phi) is 5.69. The molecule has 0 bridgehead atoms. The van der Waals surface area contributed by atoms with Crippen molar-refractivity contribution in [2.24, 2.45) is 0 Å². The first kappa shape index (κ1) is 19.2. The molecule has 6 nitrogen and oxygen atoms in total. The lowest BCUT2D eigenvalue weighted by molar-refractivity contribution is -0.126. The topological polar surface area (TPSA) is 78.9 Å². The summed E-state index contributed by atoms with van der Waals surface area (Å²) in [6.07, 6.45) is -0.653. The highest BCUT2D eigenvalue weighted by molar-refractivity contribution is 7.81. The summed E-state index contributed by atoms with van der Waals surface area (Å²) in [4.78, 5) is 25.8. The third kappa shape index (κ3) is 4.93. The van der Waals surface area contributed by atoms with E-state index in [-0.39, 0.29) is 29.3 Å². The minimum absolute atomic E-state index is 0.0260. The van der Waals surface area contributed by atoms with Gasteiger partial charge in [0.25, 0.3) is 5.91 Å². The Hall–Kier alpha value is -2.12. The van der Waals surface area contributed by atoms with E-state index in [2.05, 4.69) is 5.32 Å². The molecule has 134 valence electrons. The maximum atomic E-state index is 12.6. The summed E-state index contributed by atoms with van der Waals surface area (Å²) < 4.78 is 5.23. The molecular formula is C17H19ClN2O4S. The number of anilines is 1. The van der Waals surface area contributed by atoms with Crippen molar-refractivity contribution in [3.8, 4) is 0 Å². The molecule has 0 aromatic heterocycles. The summed E-state index contributed by atoms with van der Waals surface area (Å²) in [5, 5.41) is 13.5. The fourth-order valence-electron chi connectivity index (χ4n) is 2.15. The van der Waals surface area contributed by atoms with Crippen LogP contribution in [0.5, 0.6) is 0 Å². The number of rotatable bonds is 2. The van der Waals surface area contributed by atoms with Crippen LogP contribution in [0.1, 0.15) is 27.2 Å². The number of carbonyl (C=O) groups excluding carboxylic acids is 2. The highest BCUT2D eigenvalue weighted by Gasteiger charge is 2.36. The summed E-state index contributed by atoms with van der Waals surface area (Å²) in [6, 6.07) is 6.70. The van der Waals surface area contributed by atoms with Gasteiger partial charge in [-0.1, -0.05) is 23.8 Å². The molecule has 0 radical (unpaired) electrons. The van der Waals surface area contributed by atoms with Crippen molar-refractivity contribution >= 4 is 46.5 Å². The molecule has 0 spiro atoms. The van der Waals surface area contributed by atoms with Gasteiger partial charge in [-0.15, -0.1) is 0 Å². The van der Waals surface area contributed by atoms with Crippen molar-refractivity contribution in [3.63, 3.8) is 0 Å². The maximum Gasteiger partial charge on any atom is 0.417 e. The zero-order valence-electron chi connectivity index (χ0n) is 14.1. The van der Waals surface area contributed by atoms with Crippen molar-refractivity contribution in [3.05, 3.63) is 40.6 Å². The molecule has 25 heavy (non-hydrogen) atoms. The largest absolute Gasteiger partial charge is 0.511 e. The van der Waals surface area contributed by atoms with Gasteiger partial charge in [-0.25, -0.2) is 9.69 Å². The number of amides is 2. The predicted octanol–water partition coefficient (Wildman–Crippen LogP) is 4.06. The van der Waals surface area contributed by atoms with E-state index in [1.807, 2.05) is 0 Å². The quantitative estimate of drug-likeness (QED) is 0.751. The third-order valence-electron chi connectivity index (χ3n) is 3.26. The second-order valence-electron chi connectivity index (χ2n) is 6.47. The van der Waals surface area contributed by atoms with Gasteiger partial charge in [0.05, 0.1) is 0 Å². The molecule has 1 heterocycles. The lowest BCUT2D eigenvalue weighted by Gasteiger charge is -2.29. The van der Waals surface area contributed by atoms with Gasteiger partial charge in [-0.3, -0.25) is 4.79 Å². The number of aliphatic hydroxyl groups is 1. The van der Waals surface area contributed by atoms with Crippen molar-refractivity contribution in [2.75, 3.05) is 11.9 Å². The van der Waals surface area contributed by atoms with E-state index in [1.165, 1.54) is 0 Å². The molecule has 2 N–H and O–H groups in total. The monoisotopic (exact) mass is 382 g/mol. The van der Waals surface area contributed by atoms with Crippen LogP contribution in [0.25, 0.3) is 0 Å². The number of halogens is 1. The van der Waals surface area contributed by atoms with Gasteiger partial charge in [0.15, 0.2) is 0 Å². The minimum Gasteiger partial charge on any atom is -0.511 e. The first-order chi connectivity index (χ1) is 11.6. The van der Waals surface area contributed by atoms with Crippen molar-refractivity contribution in [2.45, 2.75) is 32.8 Å². The number of hydrogen-bond acceptors (Lipinski definition) is 5. The summed E-state index contributed by atoms with van der Waals surface area (Å²) in [7, 11) is 0. The van der Waals surface area contributed by atoms with Gasteiger partial charge in [0.1, 0.15) is 21.9 Å². The van der Waals surface area contributed by atoms with E-state index in [1.54, 1.807) is 45.0 Å². The molecule has 0 aliphatic carbocycles. The standard InChI is InChI=1S/C17H19ClN2O4S/c1-17(2,3)24-16(23)20-9-8-12(21)13(15(20)22)14(25)19-11-6-4-10(18)5-7-11/h4-7,21H,8-9H2,1-3H3,(H,19,25). The van der Waals surface area contributed by atoms with Gasteiger partial charge >= 0.3 is 6.09 Å². The Morgan fingerprint density at radius 2 is 1.92 bits per heavy atom. The number of hydrogen-bond donors (Lipinski definition) is 2. The van der Waals surface area contributed by atoms with Crippen molar-refractivity contribution < 1.29 is 19.4 Å². The van der Waals surface area contributed by atoms with Crippen LogP contribution >= 0.6 is 23.8 Å². The number of benzene rings is 1. The highest BCUT2D eigenvalue weighted by atomic mass is 35.5. The predicted molar refractivity (Wildman–Crippen MR) is 99.9 cm³/mol. The minimum atomic E-state index is -0.767. The van der Waals surface area contributed by atoms with Crippen LogP contribution in [-0.4, -0.2) is 39.1 Å². The number of aliphatic hydroxyl groups excluding tert-OH is 1. The molecule has 0 fully saturated rings. The molecule has 1 aromatic carbocycles. The number of ether oxygens (including phenoxy) is 1. The second kappa shape index (κ2) is 7.41. The van der Waals surface area contributed by atoms with Gasteiger partial charge in [0.2, 0.25) is 0 Å². The summed E-state index contributed by atoms with van der Waals surface area (Å²) in [5.74, 6) is -0.847. The molecular weight excluding hydrogens is 364 g/mol. The fourth-order valence-corrected chi connectivity index (χ4v) is 2.60. The van der Waals surface area contributed by atoms with Crippen LogP contribution in [0, 0.1) is 0 Å². The summed E-state index contributed by atoms with van der Waals surface area (Å²) in [5.41, 5.74) is -0.234. The molecule has 1 aliphatic rings. The normalized spacial score (nSPS) is 15.2. The molecule has 1 aromatic rings. The molecule has 2 amide bonds. The lowest BCUT2D eigenvalue weighted by Crippen LogP contribution is -2.46. The SMILES string of the molecule is CC(C)(C)OC(=O)N1CCC(O)=C(C(=S)Nc2ccc(Cl)cc2)C1=O. The summed E-state index contributed by atoms with van der Waals surface area (Å²) in [6.45, 7) is 5.16.